The fourth-order valence-corrected chi connectivity index (χ4v) is 3.81. The van der Waals surface area contributed by atoms with Crippen LogP contribution < -0.4 is 0 Å². The van der Waals surface area contributed by atoms with Crippen LogP contribution in [0.5, 0.6) is 0 Å². The summed E-state index contributed by atoms with van der Waals surface area (Å²) in [6.45, 7) is 9.74. The van der Waals surface area contributed by atoms with Crippen molar-refractivity contribution in [2.75, 3.05) is 0 Å². The molecule has 0 amide bonds. The van der Waals surface area contributed by atoms with Crippen molar-refractivity contribution in [2.45, 2.75) is 53.4 Å². The van der Waals surface area contributed by atoms with Crippen LogP contribution in [0.4, 0.5) is 0 Å². The van der Waals surface area contributed by atoms with E-state index in [0.717, 1.165) is 23.7 Å². The average molecular weight is 206 g/mol. The highest BCUT2D eigenvalue weighted by Gasteiger charge is 2.42. The summed E-state index contributed by atoms with van der Waals surface area (Å²) in [5.74, 6) is 3.72. The molecule has 0 aliphatic heterocycles. The minimum absolute atomic E-state index is 0.531. The molecule has 0 aromatic heterocycles. The summed E-state index contributed by atoms with van der Waals surface area (Å²) in [7, 11) is 0. The zero-order valence-electron chi connectivity index (χ0n) is 10.8. The van der Waals surface area contributed by atoms with E-state index in [1.807, 2.05) is 0 Å². The minimum Gasteiger partial charge on any atom is -0.0877 e. The second-order valence-corrected chi connectivity index (χ2v) is 6.51. The fourth-order valence-electron chi connectivity index (χ4n) is 3.81. The summed E-state index contributed by atoms with van der Waals surface area (Å²) >= 11 is 0. The fraction of sp³-hybridized carbons (Fsp3) is 0.867. The van der Waals surface area contributed by atoms with Gasteiger partial charge in [-0.25, -0.2) is 0 Å². The molecule has 15 heavy (non-hydrogen) atoms. The number of allylic oxidation sites excluding steroid dienone is 2. The van der Waals surface area contributed by atoms with Crippen molar-refractivity contribution in [3.8, 4) is 0 Å². The Morgan fingerprint density at radius 3 is 2.73 bits per heavy atom. The van der Waals surface area contributed by atoms with Crippen LogP contribution in [0.15, 0.2) is 12.2 Å². The molecule has 0 saturated heterocycles. The standard InChI is InChI=1S/C15H26/c1-11(2)13-7-9-15(4)8-5-6-12(3)14(15)10-13/h5,8,11-14H,6-7,9-10H2,1-4H3/t12-,13-,14+,15-/m1/s1. The van der Waals surface area contributed by atoms with Crippen molar-refractivity contribution in [1.82, 2.24) is 0 Å². The lowest BCUT2D eigenvalue weighted by atomic mass is 9.56. The third-order valence-electron chi connectivity index (χ3n) is 5.09. The minimum atomic E-state index is 0.531. The highest BCUT2D eigenvalue weighted by molar-refractivity contribution is 5.09. The molecule has 0 bridgehead atoms. The summed E-state index contributed by atoms with van der Waals surface area (Å²) in [4.78, 5) is 0. The van der Waals surface area contributed by atoms with E-state index in [9.17, 15) is 0 Å². The van der Waals surface area contributed by atoms with Gasteiger partial charge >= 0.3 is 0 Å². The molecule has 0 unspecified atom stereocenters. The predicted octanol–water partition coefficient (Wildman–Crippen LogP) is 4.66. The van der Waals surface area contributed by atoms with E-state index in [1.165, 1.54) is 25.7 Å². The topological polar surface area (TPSA) is 0 Å². The van der Waals surface area contributed by atoms with Gasteiger partial charge in [0, 0.05) is 0 Å². The summed E-state index contributed by atoms with van der Waals surface area (Å²) < 4.78 is 0. The third kappa shape index (κ3) is 2.00. The maximum Gasteiger partial charge on any atom is -0.0115 e. The van der Waals surface area contributed by atoms with Gasteiger partial charge in [0.05, 0.1) is 0 Å². The maximum absolute atomic E-state index is 2.52. The molecule has 0 spiro atoms. The van der Waals surface area contributed by atoms with Crippen LogP contribution in [0.25, 0.3) is 0 Å². The monoisotopic (exact) mass is 206 g/mol. The normalized spacial score (nSPS) is 45.5. The van der Waals surface area contributed by atoms with E-state index in [0.29, 0.717) is 5.41 Å². The first-order valence-electron chi connectivity index (χ1n) is 6.70. The zero-order valence-corrected chi connectivity index (χ0v) is 10.8. The Morgan fingerprint density at radius 1 is 1.33 bits per heavy atom. The Bertz CT molecular complexity index is 251. The van der Waals surface area contributed by atoms with E-state index in [1.54, 1.807) is 0 Å². The van der Waals surface area contributed by atoms with E-state index in [-0.39, 0.29) is 0 Å². The smallest absolute Gasteiger partial charge is 0.0115 e. The number of fused-ring (bicyclic) bond motifs is 1. The van der Waals surface area contributed by atoms with Crippen LogP contribution >= 0.6 is 0 Å². The SMILES string of the molecule is CC(C)[C@@H]1CC[C@@]2(C)C=CC[C@@H](C)[C@@H]2C1. The summed E-state index contributed by atoms with van der Waals surface area (Å²) in [5.41, 5.74) is 0.531. The molecular weight excluding hydrogens is 180 g/mol. The predicted molar refractivity (Wildman–Crippen MR) is 66.7 cm³/mol. The van der Waals surface area contributed by atoms with Gasteiger partial charge in [-0.2, -0.15) is 0 Å². The molecule has 0 radical (unpaired) electrons. The van der Waals surface area contributed by atoms with Crippen molar-refractivity contribution < 1.29 is 0 Å². The van der Waals surface area contributed by atoms with Gasteiger partial charge in [0.2, 0.25) is 0 Å². The molecule has 0 heterocycles. The summed E-state index contributed by atoms with van der Waals surface area (Å²) in [5, 5.41) is 0. The van der Waals surface area contributed by atoms with Crippen LogP contribution in [0.3, 0.4) is 0 Å². The van der Waals surface area contributed by atoms with Crippen molar-refractivity contribution in [3.63, 3.8) is 0 Å². The van der Waals surface area contributed by atoms with Gasteiger partial charge in [0.15, 0.2) is 0 Å². The number of rotatable bonds is 1. The lowest BCUT2D eigenvalue weighted by Crippen LogP contribution is -2.39. The van der Waals surface area contributed by atoms with Gasteiger partial charge in [-0.15, -0.1) is 0 Å². The Balaban J connectivity index is 2.14. The molecule has 2 rings (SSSR count). The second kappa shape index (κ2) is 3.96. The largest absolute Gasteiger partial charge is 0.0877 e. The average Bonchev–Trinajstić information content (AvgIpc) is 2.17. The molecule has 0 aromatic carbocycles. The van der Waals surface area contributed by atoms with Crippen LogP contribution in [0.2, 0.25) is 0 Å². The molecule has 0 heteroatoms. The highest BCUT2D eigenvalue weighted by Crippen LogP contribution is 2.52. The third-order valence-corrected chi connectivity index (χ3v) is 5.09. The van der Waals surface area contributed by atoms with E-state index in [4.69, 9.17) is 0 Å². The Morgan fingerprint density at radius 2 is 2.07 bits per heavy atom. The van der Waals surface area contributed by atoms with Gasteiger partial charge in [-0.3, -0.25) is 0 Å². The number of hydrogen-bond donors (Lipinski definition) is 0. The van der Waals surface area contributed by atoms with E-state index >= 15 is 0 Å². The summed E-state index contributed by atoms with van der Waals surface area (Å²) in [6.07, 6.45) is 10.6. The highest BCUT2D eigenvalue weighted by atomic mass is 14.5. The lowest BCUT2D eigenvalue weighted by molar-refractivity contribution is 0.0563. The maximum atomic E-state index is 2.52. The molecule has 86 valence electrons. The molecule has 2 aliphatic rings. The van der Waals surface area contributed by atoms with Crippen molar-refractivity contribution in [1.29, 1.82) is 0 Å². The molecule has 4 atom stereocenters. The molecule has 0 N–H and O–H groups in total. The van der Waals surface area contributed by atoms with E-state index < -0.39 is 0 Å². The van der Waals surface area contributed by atoms with E-state index in [2.05, 4.69) is 39.8 Å². The first-order chi connectivity index (χ1) is 7.03. The second-order valence-electron chi connectivity index (χ2n) is 6.51. The quantitative estimate of drug-likeness (QED) is 0.547. The van der Waals surface area contributed by atoms with Gasteiger partial charge in [-0.1, -0.05) is 39.8 Å². The van der Waals surface area contributed by atoms with Crippen LogP contribution in [-0.4, -0.2) is 0 Å². The molecule has 0 nitrogen and oxygen atoms in total. The van der Waals surface area contributed by atoms with Crippen molar-refractivity contribution in [3.05, 3.63) is 12.2 Å². The van der Waals surface area contributed by atoms with Gasteiger partial charge in [0.1, 0.15) is 0 Å². The summed E-state index contributed by atoms with van der Waals surface area (Å²) in [6, 6.07) is 0. The van der Waals surface area contributed by atoms with Crippen LogP contribution in [0, 0.1) is 29.1 Å². The molecule has 1 fully saturated rings. The van der Waals surface area contributed by atoms with Gasteiger partial charge < -0.3 is 0 Å². The van der Waals surface area contributed by atoms with Crippen LogP contribution in [-0.2, 0) is 0 Å². The Labute approximate surface area is 95.1 Å². The molecule has 0 aromatic rings. The molecule has 2 aliphatic carbocycles. The zero-order chi connectivity index (χ0) is 11.1. The van der Waals surface area contributed by atoms with Crippen LogP contribution in [0.1, 0.15) is 53.4 Å². The lowest BCUT2D eigenvalue weighted by Gasteiger charge is -2.48. The first-order valence-corrected chi connectivity index (χ1v) is 6.70. The Kier molecular flexibility index (Phi) is 2.96. The van der Waals surface area contributed by atoms with Gasteiger partial charge in [0.25, 0.3) is 0 Å². The molecule has 1 saturated carbocycles. The van der Waals surface area contributed by atoms with Crippen molar-refractivity contribution >= 4 is 0 Å². The molecular formula is C15H26. The Hall–Kier alpha value is -0.260. The first kappa shape index (κ1) is 11.2. The van der Waals surface area contributed by atoms with Gasteiger partial charge in [-0.05, 0) is 54.8 Å². The van der Waals surface area contributed by atoms with Crippen molar-refractivity contribution in [2.24, 2.45) is 29.1 Å². The number of hydrogen-bond acceptors (Lipinski definition) is 0.